The van der Waals surface area contributed by atoms with E-state index in [1.165, 1.54) is 0 Å². The van der Waals surface area contributed by atoms with Crippen molar-refractivity contribution >= 4 is 22.1 Å². The van der Waals surface area contributed by atoms with E-state index in [2.05, 4.69) is 25.6 Å². The summed E-state index contributed by atoms with van der Waals surface area (Å²) in [7, 11) is 0. The molecule has 4 heterocycles. The summed E-state index contributed by atoms with van der Waals surface area (Å²) in [5, 5.41) is 8.77. The van der Waals surface area contributed by atoms with Crippen molar-refractivity contribution in [2.24, 2.45) is 0 Å². The lowest BCUT2D eigenvalue weighted by Crippen LogP contribution is -2.22. The van der Waals surface area contributed by atoms with Crippen molar-refractivity contribution < 1.29 is 0 Å². The number of nitrogens with one attached hydrogen (secondary N) is 2. The second-order valence-electron chi connectivity index (χ2n) is 4.82. The normalized spacial score (nSPS) is 18.7. The second-order valence-corrected chi connectivity index (χ2v) is 5.70. The number of thiazole rings is 1. The molecule has 3 aromatic heterocycles. The van der Waals surface area contributed by atoms with Crippen LogP contribution in [-0.4, -0.2) is 38.5 Å². The highest BCUT2D eigenvalue weighted by molar-refractivity contribution is 7.15. The Labute approximate surface area is 119 Å². The molecular weight excluding hydrogens is 272 g/mol. The molecule has 0 spiro atoms. The van der Waals surface area contributed by atoms with Gasteiger partial charge in [-0.1, -0.05) is 0 Å². The molecule has 0 saturated carbocycles. The third-order valence-corrected chi connectivity index (χ3v) is 4.23. The predicted molar refractivity (Wildman–Crippen MR) is 79.0 cm³/mol. The third-order valence-electron chi connectivity index (χ3n) is 3.46. The molecule has 1 aliphatic heterocycles. The minimum absolute atomic E-state index is 0.436. The Bertz CT molecular complexity index is 727. The topological polar surface area (TPSA) is 67.1 Å². The van der Waals surface area contributed by atoms with E-state index in [0.717, 1.165) is 41.7 Å². The van der Waals surface area contributed by atoms with Crippen LogP contribution >= 0.6 is 11.3 Å². The van der Waals surface area contributed by atoms with Crippen LogP contribution in [0.2, 0.25) is 0 Å². The molecule has 3 aromatic rings. The molecular formula is C13H14N6S. The summed E-state index contributed by atoms with van der Waals surface area (Å²) in [5.74, 6) is 0.821. The number of hydrogen-bond acceptors (Lipinski definition) is 6. The van der Waals surface area contributed by atoms with Crippen molar-refractivity contribution in [3.05, 3.63) is 30.2 Å². The molecule has 1 atom stereocenters. The van der Waals surface area contributed by atoms with E-state index in [0.29, 0.717) is 6.04 Å². The molecule has 1 saturated heterocycles. The van der Waals surface area contributed by atoms with Crippen LogP contribution in [0.15, 0.2) is 30.2 Å². The monoisotopic (exact) mass is 286 g/mol. The Morgan fingerprint density at radius 1 is 1.35 bits per heavy atom. The fourth-order valence-corrected chi connectivity index (χ4v) is 3.15. The lowest BCUT2D eigenvalue weighted by Gasteiger charge is -2.12. The van der Waals surface area contributed by atoms with Crippen molar-refractivity contribution in [3.63, 3.8) is 0 Å². The van der Waals surface area contributed by atoms with Crippen LogP contribution in [0.25, 0.3) is 16.3 Å². The standard InChI is InChI=1S/C13H14N6S/c1-2-14-5-9(1)17-12-8-15-6-10(18-12)11-7-16-13-19(11)3-4-20-13/h3-4,6-9,14H,1-2,5H2,(H,17,18)/t9-/m1/s1. The van der Waals surface area contributed by atoms with E-state index in [1.54, 1.807) is 23.7 Å². The largest absolute Gasteiger partial charge is 0.365 e. The molecule has 0 radical (unpaired) electrons. The van der Waals surface area contributed by atoms with Gasteiger partial charge in [-0.3, -0.25) is 9.38 Å². The summed E-state index contributed by atoms with van der Waals surface area (Å²) in [6, 6.07) is 0.436. The summed E-state index contributed by atoms with van der Waals surface area (Å²) in [6.07, 6.45) is 8.52. The highest BCUT2D eigenvalue weighted by Gasteiger charge is 2.15. The number of rotatable bonds is 3. The Balaban J connectivity index is 1.66. The number of hydrogen-bond donors (Lipinski definition) is 2. The van der Waals surface area contributed by atoms with Crippen LogP contribution < -0.4 is 10.6 Å². The van der Waals surface area contributed by atoms with E-state index < -0.39 is 0 Å². The smallest absolute Gasteiger partial charge is 0.194 e. The molecule has 102 valence electrons. The van der Waals surface area contributed by atoms with Gasteiger partial charge in [-0.25, -0.2) is 9.97 Å². The molecule has 20 heavy (non-hydrogen) atoms. The first-order chi connectivity index (χ1) is 9.90. The van der Waals surface area contributed by atoms with Crippen LogP contribution in [0, 0.1) is 0 Å². The quantitative estimate of drug-likeness (QED) is 0.766. The first-order valence-electron chi connectivity index (χ1n) is 6.60. The molecule has 6 nitrogen and oxygen atoms in total. The maximum absolute atomic E-state index is 4.65. The SMILES string of the molecule is c1cn2c(-c3cncc(N[C@@H]4CCNC4)n3)cnc2s1. The molecule has 1 fully saturated rings. The molecule has 0 amide bonds. The maximum atomic E-state index is 4.65. The van der Waals surface area contributed by atoms with Gasteiger partial charge >= 0.3 is 0 Å². The maximum Gasteiger partial charge on any atom is 0.194 e. The van der Waals surface area contributed by atoms with Gasteiger partial charge < -0.3 is 10.6 Å². The van der Waals surface area contributed by atoms with Gasteiger partial charge in [0.1, 0.15) is 11.5 Å². The van der Waals surface area contributed by atoms with Gasteiger partial charge in [0.2, 0.25) is 0 Å². The van der Waals surface area contributed by atoms with Crippen molar-refractivity contribution in [1.82, 2.24) is 24.7 Å². The van der Waals surface area contributed by atoms with Crippen LogP contribution in [-0.2, 0) is 0 Å². The highest BCUT2D eigenvalue weighted by atomic mass is 32.1. The van der Waals surface area contributed by atoms with Crippen LogP contribution in [0.3, 0.4) is 0 Å². The van der Waals surface area contributed by atoms with Gasteiger partial charge in [-0.15, -0.1) is 11.3 Å². The molecule has 0 unspecified atom stereocenters. The molecule has 7 heteroatoms. The minimum Gasteiger partial charge on any atom is -0.365 e. The van der Waals surface area contributed by atoms with E-state index in [9.17, 15) is 0 Å². The lowest BCUT2D eigenvalue weighted by atomic mass is 10.2. The molecule has 0 aromatic carbocycles. The van der Waals surface area contributed by atoms with E-state index in [-0.39, 0.29) is 0 Å². The Morgan fingerprint density at radius 2 is 2.35 bits per heavy atom. The number of fused-ring (bicyclic) bond motifs is 1. The Morgan fingerprint density at radius 3 is 3.25 bits per heavy atom. The van der Waals surface area contributed by atoms with Crippen LogP contribution in [0.4, 0.5) is 5.82 Å². The van der Waals surface area contributed by atoms with Crippen molar-refractivity contribution in [1.29, 1.82) is 0 Å². The summed E-state index contributed by atoms with van der Waals surface area (Å²) < 4.78 is 2.04. The van der Waals surface area contributed by atoms with Crippen LogP contribution in [0.5, 0.6) is 0 Å². The average Bonchev–Trinajstić information content (AvgIpc) is 3.16. The summed E-state index contributed by atoms with van der Waals surface area (Å²) in [4.78, 5) is 14.3. The van der Waals surface area contributed by atoms with Gasteiger partial charge in [0.05, 0.1) is 24.3 Å². The van der Waals surface area contributed by atoms with Gasteiger partial charge in [0.25, 0.3) is 0 Å². The van der Waals surface area contributed by atoms with E-state index >= 15 is 0 Å². The summed E-state index contributed by atoms with van der Waals surface area (Å²) >= 11 is 1.61. The highest BCUT2D eigenvalue weighted by Crippen LogP contribution is 2.22. The summed E-state index contributed by atoms with van der Waals surface area (Å²) in [6.45, 7) is 2.04. The third kappa shape index (κ3) is 2.04. The fraction of sp³-hybridized carbons (Fsp3) is 0.308. The van der Waals surface area contributed by atoms with Gasteiger partial charge in [0, 0.05) is 24.2 Å². The van der Waals surface area contributed by atoms with E-state index in [1.807, 2.05) is 22.2 Å². The van der Waals surface area contributed by atoms with Crippen molar-refractivity contribution in [2.45, 2.75) is 12.5 Å². The number of anilines is 1. The molecule has 1 aliphatic rings. The van der Waals surface area contributed by atoms with Crippen LogP contribution in [0.1, 0.15) is 6.42 Å². The zero-order valence-electron chi connectivity index (χ0n) is 10.8. The Kier molecular flexibility index (Phi) is 2.86. The zero-order valence-corrected chi connectivity index (χ0v) is 11.6. The summed E-state index contributed by atoms with van der Waals surface area (Å²) in [5.41, 5.74) is 1.81. The van der Waals surface area contributed by atoms with E-state index in [4.69, 9.17) is 0 Å². The minimum atomic E-state index is 0.436. The molecule has 2 N–H and O–H groups in total. The van der Waals surface area contributed by atoms with Crippen molar-refractivity contribution in [2.75, 3.05) is 18.4 Å². The van der Waals surface area contributed by atoms with Gasteiger partial charge in [-0.2, -0.15) is 0 Å². The average molecular weight is 286 g/mol. The molecule has 4 rings (SSSR count). The second kappa shape index (κ2) is 4.84. The van der Waals surface area contributed by atoms with Crippen molar-refractivity contribution in [3.8, 4) is 11.4 Å². The van der Waals surface area contributed by atoms with Gasteiger partial charge in [-0.05, 0) is 13.0 Å². The molecule has 0 bridgehead atoms. The number of nitrogens with zero attached hydrogens (tertiary/aromatic N) is 4. The zero-order chi connectivity index (χ0) is 13.4. The Hall–Kier alpha value is -1.99. The number of aromatic nitrogens is 4. The predicted octanol–water partition coefficient (Wildman–Crippen LogP) is 1.63. The molecule has 0 aliphatic carbocycles. The van der Waals surface area contributed by atoms with Gasteiger partial charge in [0.15, 0.2) is 4.96 Å². The fourth-order valence-electron chi connectivity index (χ4n) is 2.46. The lowest BCUT2D eigenvalue weighted by molar-refractivity contribution is 0.786. The first kappa shape index (κ1) is 11.8. The number of imidazole rings is 1. The first-order valence-corrected chi connectivity index (χ1v) is 7.48.